The number of hydrogen-bond donors (Lipinski definition) is 1. The fourth-order valence-electron chi connectivity index (χ4n) is 1.44. The molecule has 0 spiro atoms. The van der Waals surface area contributed by atoms with Gasteiger partial charge in [0.2, 0.25) is 0 Å². The number of hydrogen-bond acceptors (Lipinski definition) is 2. The highest BCUT2D eigenvalue weighted by atomic mass is 32.2. The molecule has 1 nitrogen and oxygen atoms in total. The van der Waals surface area contributed by atoms with E-state index in [-0.39, 0.29) is 6.10 Å². The number of aryl methyl sites for hydroxylation is 1. The molecule has 0 amide bonds. The van der Waals surface area contributed by atoms with Crippen molar-refractivity contribution in [1.29, 1.82) is 0 Å². The number of thioether (sulfide) groups is 1. The van der Waals surface area contributed by atoms with Crippen molar-refractivity contribution >= 4 is 11.8 Å². The fourth-order valence-corrected chi connectivity index (χ4v) is 2.40. The highest BCUT2D eigenvalue weighted by Crippen LogP contribution is 2.23. The molecule has 1 atom stereocenters. The molecule has 88 valence electrons. The number of aliphatic hydroxyl groups is 1. The first kappa shape index (κ1) is 13.3. The van der Waals surface area contributed by atoms with Crippen LogP contribution in [0.2, 0.25) is 0 Å². The topological polar surface area (TPSA) is 20.2 Å². The lowest BCUT2D eigenvalue weighted by Gasteiger charge is -2.12. The summed E-state index contributed by atoms with van der Waals surface area (Å²) in [6.45, 7) is 8.09. The summed E-state index contributed by atoms with van der Waals surface area (Å²) in [6, 6.07) is 8.27. The summed E-state index contributed by atoms with van der Waals surface area (Å²) in [5.74, 6) is 0.740. The van der Waals surface area contributed by atoms with Crippen LogP contribution >= 0.6 is 11.8 Å². The lowest BCUT2D eigenvalue weighted by atomic mass is 10.1. The number of aliphatic hydroxyl groups excluding tert-OH is 1. The van der Waals surface area contributed by atoms with Gasteiger partial charge in [0.15, 0.2) is 0 Å². The minimum absolute atomic E-state index is 0.281. The van der Waals surface area contributed by atoms with Crippen molar-refractivity contribution in [2.75, 3.05) is 5.75 Å². The third-order valence-electron chi connectivity index (χ3n) is 2.55. The zero-order chi connectivity index (χ0) is 12.0. The van der Waals surface area contributed by atoms with Gasteiger partial charge in [-0.25, -0.2) is 0 Å². The molecule has 0 heterocycles. The van der Waals surface area contributed by atoms with Gasteiger partial charge >= 0.3 is 0 Å². The van der Waals surface area contributed by atoms with E-state index in [1.165, 1.54) is 10.5 Å². The van der Waals surface area contributed by atoms with Crippen molar-refractivity contribution in [3.63, 3.8) is 0 Å². The third-order valence-corrected chi connectivity index (χ3v) is 3.87. The van der Waals surface area contributed by atoms with Gasteiger partial charge in [-0.2, -0.15) is 0 Å². The smallest absolute Gasteiger partial charge is 0.0671 e. The van der Waals surface area contributed by atoms with E-state index in [0.29, 0.717) is 0 Å². The minimum Gasteiger partial charge on any atom is -0.392 e. The van der Waals surface area contributed by atoms with Crippen LogP contribution in [-0.2, 0) is 0 Å². The second-order valence-electron chi connectivity index (χ2n) is 4.04. The van der Waals surface area contributed by atoms with Gasteiger partial charge < -0.3 is 5.11 Å². The Labute approximate surface area is 103 Å². The van der Waals surface area contributed by atoms with Crippen LogP contribution in [0.15, 0.2) is 41.3 Å². The summed E-state index contributed by atoms with van der Waals surface area (Å²) in [5.41, 5.74) is 2.40. The molecule has 0 aliphatic rings. The summed E-state index contributed by atoms with van der Waals surface area (Å²) < 4.78 is 0. The van der Waals surface area contributed by atoms with E-state index < -0.39 is 0 Å². The lowest BCUT2D eigenvalue weighted by Crippen LogP contribution is -2.10. The van der Waals surface area contributed by atoms with E-state index in [1.807, 2.05) is 12.1 Å². The second kappa shape index (κ2) is 6.77. The fraction of sp³-hybridized carbons (Fsp3) is 0.429. The van der Waals surface area contributed by atoms with Gasteiger partial charge in [0.25, 0.3) is 0 Å². The van der Waals surface area contributed by atoms with Gasteiger partial charge in [-0.1, -0.05) is 37.3 Å². The summed E-state index contributed by atoms with van der Waals surface area (Å²) in [6.07, 6.45) is 1.39. The Morgan fingerprint density at radius 1 is 1.44 bits per heavy atom. The second-order valence-corrected chi connectivity index (χ2v) is 5.10. The van der Waals surface area contributed by atoms with Gasteiger partial charge in [0, 0.05) is 10.6 Å². The van der Waals surface area contributed by atoms with Crippen molar-refractivity contribution in [3.8, 4) is 0 Å². The molecule has 1 aromatic carbocycles. The molecule has 1 rings (SSSR count). The van der Waals surface area contributed by atoms with Gasteiger partial charge in [-0.3, -0.25) is 0 Å². The molecule has 0 aromatic heterocycles. The van der Waals surface area contributed by atoms with Crippen molar-refractivity contribution in [2.24, 2.45) is 0 Å². The Kier molecular flexibility index (Phi) is 5.64. The summed E-state index contributed by atoms with van der Waals surface area (Å²) in [5, 5.41) is 9.82. The SMILES string of the molecule is C=C(CC)CC(O)CSc1ccccc1C. The van der Waals surface area contributed by atoms with E-state index in [2.05, 4.69) is 32.6 Å². The van der Waals surface area contributed by atoms with Crippen LogP contribution in [0.25, 0.3) is 0 Å². The number of benzene rings is 1. The van der Waals surface area contributed by atoms with Gasteiger partial charge in [-0.05, 0) is 31.4 Å². The summed E-state index contributed by atoms with van der Waals surface area (Å²) in [7, 11) is 0. The maximum absolute atomic E-state index is 9.82. The maximum atomic E-state index is 9.82. The lowest BCUT2D eigenvalue weighted by molar-refractivity contribution is 0.199. The van der Waals surface area contributed by atoms with Crippen LogP contribution in [0.4, 0.5) is 0 Å². The van der Waals surface area contributed by atoms with E-state index in [4.69, 9.17) is 0 Å². The predicted molar refractivity (Wildman–Crippen MR) is 72.0 cm³/mol. The van der Waals surface area contributed by atoms with Crippen molar-refractivity contribution < 1.29 is 5.11 Å². The Balaban J connectivity index is 2.40. The molecule has 1 unspecified atom stereocenters. The Morgan fingerprint density at radius 3 is 2.75 bits per heavy atom. The largest absolute Gasteiger partial charge is 0.392 e. The molecule has 1 aromatic rings. The van der Waals surface area contributed by atoms with Crippen LogP contribution < -0.4 is 0 Å². The molecule has 2 heteroatoms. The van der Waals surface area contributed by atoms with Crippen LogP contribution in [0.1, 0.15) is 25.3 Å². The Bertz CT molecular complexity index is 346. The van der Waals surface area contributed by atoms with Crippen LogP contribution in [0.5, 0.6) is 0 Å². The van der Waals surface area contributed by atoms with E-state index >= 15 is 0 Å². The van der Waals surface area contributed by atoms with E-state index in [1.54, 1.807) is 11.8 Å². The molecule has 0 bridgehead atoms. The maximum Gasteiger partial charge on any atom is 0.0671 e. The van der Waals surface area contributed by atoms with E-state index in [0.717, 1.165) is 24.2 Å². The Morgan fingerprint density at radius 2 is 2.12 bits per heavy atom. The van der Waals surface area contributed by atoms with Gasteiger partial charge in [0.05, 0.1) is 6.10 Å². The third kappa shape index (κ3) is 4.42. The van der Waals surface area contributed by atoms with Crippen molar-refractivity contribution in [3.05, 3.63) is 42.0 Å². The molecule has 0 fully saturated rings. The molecule has 0 aliphatic carbocycles. The van der Waals surface area contributed by atoms with Crippen LogP contribution in [0, 0.1) is 6.92 Å². The normalized spacial score (nSPS) is 12.4. The zero-order valence-electron chi connectivity index (χ0n) is 10.1. The highest BCUT2D eigenvalue weighted by Gasteiger charge is 2.07. The molecular formula is C14H20OS. The quantitative estimate of drug-likeness (QED) is 0.599. The predicted octanol–water partition coefficient (Wildman–Crippen LogP) is 3.80. The number of rotatable bonds is 6. The molecule has 16 heavy (non-hydrogen) atoms. The summed E-state index contributed by atoms with van der Waals surface area (Å²) in [4.78, 5) is 1.25. The molecular weight excluding hydrogens is 216 g/mol. The van der Waals surface area contributed by atoms with Crippen LogP contribution in [0.3, 0.4) is 0 Å². The summed E-state index contributed by atoms with van der Waals surface area (Å²) >= 11 is 1.72. The van der Waals surface area contributed by atoms with Gasteiger partial charge in [0.1, 0.15) is 0 Å². The van der Waals surface area contributed by atoms with Crippen molar-refractivity contribution in [2.45, 2.75) is 37.7 Å². The van der Waals surface area contributed by atoms with Crippen molar-refractivity contribution in [1.82, 2.24) is 0 Å². The molecule has 0 radical (unpaired) electrons. The Hall–Kier alpha value is -0.730. The first-order chi connectivity index (χ1) is 7.63. The first-order valence-corrected chi connectivity index (χ1v) is 6.65. The van der Waals surface area contributed by atoms with E-state index in [9.17, 15) is 5.11 Å². The van der Waals surface area contributed by atoms with Crippen LogP contribution in [-0.4, -0.2) is 17.0 Å². The van der Waals surface area contributed by atoms with Gasteiger partial charge in [-0.15, -0.1) is 11.8 Å². The first-order valence-electron chi connectivity index (χ1n) is 5.66. The molecule has 0 aliphatic heterocycles. The average Bonchev–Trinajstić information content (AvgIpc) is 2.28. The molecule has 1 N–H and O–H groups in total. The monoisotopic (exact) mass is 236 g/mol. The highest BCUT2D eigenvalue weighted by molar-refractivity contribution is 7.99. The minimum atomic E-state index is -0.281. The standard InChI is InChI=1S/C14H20OS/c1-4-11(2)9-13(15)10-16-14-8-6-5-7-12(14)3/h5-8,13,15H,2,4,9-10H2,1,3H3. The molecule has 0 saturated heterocycles. The zero-order valence-corrected chi connectivity index (χ0v) is 10.9. The molecule has 0 saturated carbocycles. The average molecular weight is 236 g/mol.